The number of ether oxygens (including phenoxy) is 2. The summed E-state index contributed by atoms with van der Waals surface area (Å²) in [6, 6.07) is 8.91. The number of hydrogen-bond donors (Lipinski definition) is 1. The van der Waals surface area contributed by atoms with Crippen molar-refractivity contribution < 1.29 is 9.47 Å². The topological polar surface area (TPSA) is 30.5 Å². The van der Waals surface area contributed by atoms with Gasteiger partial charge < -0.3 is 14.8 Å². The third-order valence-electron chi connectivity index (χ3n) is 3.20. The van der Waals surface area contributed by atoms with E-state index in [0.717, 1.165) is 44.8 Å². The van der Waals surface area contributed by atoms with E-state index in [4.69, 9.17) is 9.47 Å². The van der Waals surface area contributed by atoms with Crippen molar-refractivity contribution in [2.75, 3.05) is 26.9 Å². The monoisotopic (exact) mass is 235 g/mol. The SMILES string of the molecule is COc1cccc(CCNC2CCOCC2)c1. The van der Waals surface area contributed by atoms with E-state index in [-0.39, 0.29) is 0 Å². The Labute approximate surface area is 103 Å². The summed E-state index contributed by atoms with van der Waals surface area (Å²) in [5, 5.41) is 3.59. The molecule has 17 heavy (non-hydrogen) atoms. The fraction of sp³-hybridized carbons (Fsp3) is 0.571. The summed E-state index contributed by atoms with van der Waals surface area (Å²) in [7, 11) is 1.71. The highest BCUT2D eigenvalue weighted by Crippen LogP contribution is 2.13. The number of methoxy groups -OCH3 is 1. The maximum Gasteiger partial charge on any atom is 0.119 e. The second-order valence-corrected chi connectivity index (χ2v) is 4.44. The molecule has 1 aromatic carbocycles. The van der Waals surface area contributed by atoms with Crippen LogP contribution in [0.4, 0.5) is 0 Å². The molecule has 0 aromatic heterocycles. The highest BCUT2D eigenvalue weighted by molar-refractivity contribution is 5.28. The fourth-order valence-corrected chi connectivity index (χ4v) is 2.15. The Morgan fingerprint density at radius 3 is 2.94 bits per heavy atom. The van der Waals surface area contributed by atoms with Gasteiger partial charge in [0.05, 0.1) is 7.11 Å². The van der Waals surface area contributed by atoms with Gasteiger partial charge in [-0.15, -0.1) is 0 Å². The standard InChI is InChI=1S/C14H21NO2/c1-16-14-4-2-3-12(11-14)5-8-15-13-6-9-17-10-7-13/h2-4,11,13,15H,5-10H2,1H3. The zero-order valence-corrected chi connectivity index (χ0v) is 10.4. The lowest BCUT2D eigenvalue weighted by Crippen LogP contribution is -2.35. The van der Waals surface area contributed by atoms with Crippen LogP contribution in [0.3, 0.4) is 0 Å². The summed E-state index contributed by atoms with van der Waals surface area (Å²) >= 11 is 0. The molecule has 2 rings (SSSR count). The molecule has 3 nitrogen and oxygen atoms in total. The van der Waals surface area contributed by atoms with E-state index in [0.29, 0.717) is 6.04 Å². The van der Waals surface area contributed by atoms with E-state index >= 15 is 0 Å². The molecule has 0 saturated carbocycles. The number of rotatable bonds is 5. The van der Waals surface area contributed by atoms with Gasteiger partial charge in [0.1, 0.15) is 5.75 Å². The first-order valence-electron chi connectivity index (χ1n) is 6.32. The number of benzene rings is 1. The minimum absolute atomic E-state index is 0.634. The van der Waals surface area contributed by atoms with Gasteiger partial charge in [-0.2, -0.15) is 0 Å². The summed E-state index contributed by atoms with van der Waals surface area (Å²) in [4.78, 5) is 0. The van der Waals surface area contributed by atoms with E-state index < -0.39 is 0 Å². The van der Waals surface area contributed by atoms with Gasteiger partial charge in [-0.3, -0.25) is 0 Å². The quantitative estimate of drug-likeness (QED) is 0.847. The molecule has 1 aliphatic rings. The van der Waals surface area contributed by atoms with E-state index in [1.54, 1.807) is 7.11 Å². The van der Waals surface area contributed by atoms with Crippen molar-refractivity contribution in [1.82, 2.24) is 5.32 Å². The number of nitrogens with one attached hydrogen (secondary N) is 1. The van der Waals surface area contributed by atoms with Crippen molar-refractivity contribution in [3.8, 4) is 5.75 Å². The molecule has 1 aliphatic heterocycles. The van der Waals surface area contributed by atoms with Gasteiger partial charge in [-0.1, -0.05) is 12.1 Å². The van der Waals surface area contributed by atoms with Crippen molar-refractivity contribution in [2.24, 2.45) is 0 Å². The highest BCUT2D eigenvalue weighted by atomic mass is 16.5. The van der Waals surface area contributed by atoms with Crippen LogP contribution >= 0.6 is 0 Å². The van der Waals surface area contributed by atoms with Crippen molar-refractivity contribution in [1.29, 1.82) is 0 Å². The van der Waals surface area contributed by atoms with Crippen molar-refractivity contribution in [3.63, 3.8) is 0 Å². The third-order valence-corrected chi connectivity index (χ3v) is 3.20. The Bertz CT molecular complexity index is 335. The first-order chi connectivity index (χ1) is 8.38. The Hall–Kier alpha value is -1.06. The van der Waals surface area contributed by atoms with Crippen LogP contribution in [0, 0.1) is 0 Å². The second-order valence-electron chi connectivity index (χ2n) is 4.44. The number of hydrogen-bond acceptors (Lipinski definition) is 3. The molecule has 1 fully saturated rings. The molecule has 0 unspecified atom stereocenters. The molecular weight excluding hydrogens is 214 g/mol. The molecule has 3 heteroatoms. The molecule has 0 atom stereocenters. The van der Waals surface area contributed by atoms with Gasteiger partial charge in [0.25, 0.3) is 0 Å². The molecule has 0 spiro atoms. The lowest BCUT2D eigenvalue weighted by molar-refractivity contribution is 0.0782. The first kappa shape index (κ1) is 12.4. The lowest BCUT2D eigenvalue weighted by Gasteiger charge is -2.23. The second kappa shape index (κ2) is 6.62. The molecule has 0 bridgehead atoms. The van der Waals surface area contributed by atoms with Crippen molar-refractivity contribution >= 4 is 0 Å². The predicted molar refractivity (Wildman–Crippen MR) is 68.5 cm³/mol. The first-order valence-corrected chi connectivity index (χ1v) is 6.32. The van der Waals surface area contributed by atoms with Gasteiger partial charge in [-0.25, -0.2) is 0 Å². The molecule has 0 radical (unpaired) electrons. The molecule has 0 aliphatic carbocycles. The van der Waals surface area contributed by atoms with Gasteiger partial charge in [-0.05, 0) is 43.5 Å². The van der Waals surface area contributed by atoms with Crippen LogP contribution < -0.4 is 10.1 Å². The Kier molecular flexibility index (Phi) is 4.83. The van der Waals surface area contributed by atoms with Crippen molar-refractivity contribution in [3.05, 3.63) is 29.8 Å². The van der Waals surface area contributed by atoms with Crippen LogP contribution in [0.2, 0.25) is 0 Å². The van der Waals surface area contributed by atoms with Gasteiger partial charge in [0, 0.05) is 19.3 Å². The average Bonchev–Trinajstić information content (AvgIpc) is 2.40. The predicted octanol–water partition coefficient (Wildman–Crippen LogP) is 2.01. The van der Waals surface area contributed by atoms with E-state index in [9.17, 15) is 0 Å². The summed E-state index contributed by atoms with van der Waals surface area (Å²) in [6.45, 7) is 2.82. The van der Waals surface area contributed by atoms with Gasteiger partial charge in [0.2, 0.25) is 0 Å². The maximum atomic E-state index is 5.34. The smallest absolute Gasteiger partial charge is 0.119 e. The average molecular weight is 235 g/mol. The van der Waals surface area contributed by atoms with E-state index in [1.807, 2.05) is 12.1 Å². The zero-order valence-electron chi connectivity index (χ0n) is 10.4. The molecule has 1 N–H and O–H groups in total. The van der Waals surface area contributed by atoms with Gasteiger partial charge >= 0.3 is 0 Å². The fourth-order valence-electron chi connectivity index (χ4n) is 2.15. The largest absolute Gasteiger partial charge is 0.497 e. The Balaban J connectivity index is 1.73. The Morgan fingerprint density at radius 2 is 2.18 bits per heavy atom. The molecule has 1 heterocycles. The summed E-state index contributed by atoms with van der Waals surface area (Å²) in [6.07, 6.45) is 3.32. The van der Waals surface area contributed by atoms with Crippen LogP contribution in [0.5, 0.6) is 5.75 Å². The van der Waals surface area contributed by atoms with Crippen LogP contribution in [0.1, 0.15) is 18.4 Å². The highest BCUT2D eigenvalue weighted by Gasteiger charge is 2.12. The van der Waals surface area contributed by atoms with Crippen LogP contribution in [-0.2, 0) is 11.2 Å². The summed E-state index contributed by atoms with van der Waals surface area (Å²) < 4.78 is 10.6. The summed E-state index contributed by atoms with van der Waals surface area (Å²) in [5.41, 5.74) is 1.32. The van der Waals surface area contributed by atoms with E-state index in [2.05, 4.69) is 17.4 Å². The minimum atomic E-state index is 0.634. The van der Waals surface area contributed by atoms with Crippen LogP contribution in [-0.4, -0.2) is 32.9 Å². The summed E-state index contributed by atoms with van der Waals surface area (Å²) in [5.74, 6) is 0.938. The lowest BCUT2D eigenvalue weighted by atomic mass is 10.1. The van der Waals surface area contributed by atoms with Crippen LogP contribution in [0.25, 0.3) is 0 Å². The normalized spacial score (nSPS) is 17.0. The van der Waals surface area contributed by atoms with Gasteiger partial charge in [0.15, 0.2) is 0 Å². The molecule has 0 amide bonds. The Morgan fingerprint density at radius 1 is 1.35 bits per heavy atom. The maximum absolute atomic E-state index is 5.34. The van der Waals surface area contributed by atoms with E-state index in [1.165, 1.54) is 5.56 Å². The zero-order chi connectivity index (χ0) is 11.9. The van der Waals surface area contributed by atoms with Crippen LogP contribution in [0.15, 0.2) is 24.3 Å². The molecule has 94 valence electrons. The molecule has 1 saturated heterocycles. The molecule has 1 aromatic rings. The van der Waals surface area contributed by atoms with Crippen molar-refractivity contribution in [2.45, 2.75) is 25.3 Å². The minimum Gasteiger partial charge on any atom is -0.497 e. The third kappa shape index (κ3) is 4.02. The molecular formula is C14H21NO2.